The number of aryl methyl sites for hydroxylation is 1. The van der Waals surface area contributed by atoms with Crippen LogP contribution in [0.25, 0.3) is 0 Å². The molecule has 1 aromatic heterocycles. The molecule has 3 amide bonds. The molecule has 172 valence electrons. The highest BCUT2D eigenvalue weighted by molar-refractivity contribution is 5.78. The van der Waals surface area contributed by atoms with Gasteiger partial charge in [0.25, 0.3) is 5.91 Å². The number of aromatic nitrogens is 3. The molecule has 10 heteroatoms. The van der Waals surface area contributed by atoms with Crippen LogP contribution in [0.2, 0.25) is 0 Å². The number of likely N-dealkylation sites (tertiary alicyclic amines) is 1. The first-order valence-electron chi connectivity index (χ1n) is 11.0. The smallest absolute Gasteiger partial charge is 0.315 e. The van der Waals surface area contributed by atoms with Crippen LogP contribution in [-0.4, -0.2) is 63.7 Å². The number of nitrogens with one attached hydrogen (secondary N) is 2. The zero-order chi connectivity index (χ0) is 22.6. The third-order valence-corrected chi connectivity index (χ3v) is 5.84. The minimum absolute atomic E-state index is 0.00399. The Labute approximate surface area is 187 Å². The van der Waals surface area contributed by atoms with Gasteiger partial charge in [0.1, 0.15) is 17.0 Å². The summed E-state index contributed by atoms with van der Waals surface area (Å²) >= 11 is 0. The van der Waals surface area contributed by atoms with E-state index in [4.69, 9.17) is 9.47 Å². The maximum atomic E-state index is 12.7. The lowest BCUT2D eigenvalue weighted by Crippen LogP contribution is -2.46. The zero-order valence-corrected chi connectivity index (χ0v) is 18.6. The Bertz CT molecular complexity index is 977. The molecule has 2 aliphatic heterocycles. The van der Waals surface area contributed by atoms with E-state index in [-0.39, 0.29) is 18.5 Å². The van der Waals surface area contributed by atoms with E-state index >= 15 is 0 Å². The monoisotopic (exact) mass is 442 g/mol. The molecule has 3 heterocycles. The Morgan fingerprint density at radius 2 is 2.16 bits per heavy atom. The van der Waals surface area contributed by atoms with Crippen molar-refractivity contribution in [1.29, 1.82) is 0 Å². The molecule has 1 aromatic carbocycles. The third kappa shape index (κ3) is 5.01. The molecule has 2 aromatic rings. The summed E-state index contributed by atoms with van der Waals surface area (Å²) in [6.45, 7) is 6.90. The van der Waals surface area contributed by atoms with Gasteiger partial charge in [0.15, 0.2) is 6.61 Å². The fourth-order valence-electron chi connectivity index (χ4n) is 4.04. The Balaban J connectivity index is 1.30. The van der Waals surface area contributed by atoms with Crippen LogP contribution in [0.5, 0.6) is 5.75 Å². The van der Waals surface area contributed by atoms with Crippen LogP contribution in [0.15, 0.2) is 24.3 Å². The first-order valence-corrected chi connectivity index (χ1v) is 11.0. The second kappa shape index (κ2) is 9.56. The second-order valence-corrected chi connectivity index (χ2v) is 8.39. The van der Waals surface area contributed by atoms with Gasteiger partial charge >= 0.3 is 6.03 Å². The molecule has 32 heavy (non-hydrogen) atoms. The molecule has 2 N–H and O–H groups in total. The SMILES string of the molecule is CCCNC(=O)NCc1nnn2c1COC1(CCN(C(=O)COc3cccc(C)c3)C1)C2. The van der Waals surface area contributed by atoms with Crippen LogP contribution in [0.3, 0.4) is 0 Å². The van der Waals surface area contributed by atoms with Crippen LogP contribution in [0, 0.1) is 6.92 Å². The Hall–Kier alpha value is -3.14. The van der Waals surface area contributed by atoms with Crippen LogP contribution in [0.1, 0.15) is 36.7 Å². The molecule has 1 atom stereocenters. The molecule has 0 saturated carbocycles. The fraction of sp³-hybridized carbons (Fsp3) is 0.545. The minimum atomic E-state index is -0.469. The molecule has 1 unspecified atom stereocenters. The van der Waals surface area contributed by atoms with Gasteiger partial charge in [-0.1, -0.05) is 24.3 Å². The summed E-state index contributed by atoms with van der Waals surface area (Å²) in [6.07, 6.45) is 1.61. The van der Waals surface area contributed by atoms with E-state index in [0.29, 0.717) is 50.8 Å². The van der Waals surface area contributed by atoms with Gasteiger partial charge in [-0.05, 0) is 37.5 Å². The van der Waals surface area contributed by atoms with Gasteiger partial charge < -0.3 is 25.0 Å². The molecule has 1 spiro atoms. The Kier molecular flexibility index (Phi) is 6.59. The largest absolute Gasteiger partial charge is 0.484 e. The van der Waals surface area contributed by atoms with Gasteiger partial charge in [-0.25, -0.2) is 9.48 Å². The quantitative estimate of drug-likeness (QED) is 0.670. The lowest BCUT2D eigenvalue weighted by atomic mass is 10.0. The average molecular weight is 443 g/mol. The van der Waals surface area contributed by atoms with Crippen molar-refractivity contribution < 1.29 is 19.1 Å². The molecule has 0 aliphatic carbocycles. The lowest BCUT2D eigenvalue weighted by Gasteiger charge is -2.33. The Morgan fingerprint density at radius 1 is 1.28 bits per heavy atom. The number of carbonyl (C=O) groups excluding carboxylic acids is 2. The number of urea groups is 1. The van der Waals surface area contributed by atoms with E-state index in [2.05, 4.69) is 20.9 Å². The highest BCUT2D eigenvalue weighted by Crippen LogP contribution is 2.32. The molecule has 0 bridgehead atoms. The predicted molar refractivity (Wildman–Crippen MR) is 116 cm³/mol. The van der Waals surface area contributed by atoms with Crippen molar-refractivity contribution in [3.8, 4) is 5.75 Å². The standard InChI is InChI=1S/C22H30N6O4/c1-3-8-23-21(30)24-11-18-19-12-32-22(15-28(19)26-25-18)7-9-27(14-22)20(29)13-31-17-6-4-5-16(2)10-17/h4-6,10H,3,7-9,11-15H2,1-2H3,(H2,23,24,30). The predicted octanol–water partition coefficient (Wildman–Crippen LogP) is 1.38. The summed E-state index contributed by atoms with van der Waals surface area (Å²) in [7, 11) is 0. The van der Waals surface area contributed by atoms with Crippen molar-refractivity contribution in [2.24, 2.45) is 0 Å². The van der Waals surface area contributed by atoms with Crippen molar-refractivity contribution in [2.75, 3.05) is 26.2 Å². The summed E-state index contributed by atoms with van der Waals surface area (Å²) in [6, 6.07) is 7.43. The van der Waals surface area contributed by atoms with Crippen LogP contribution in [0.4, 0.5) is 4.79 Å². The molecule has 1 saturated heterocycles. The van der Waals surface area contributed by atoms with Crippen LogP contribution >= 0.6 is 0 Å². The number of amides is 3. The molecule has 1 fully saturated rings. The number of hydrogen-bond acceptors (Lipinski definition) is 6. The molecule has 0 radical (unpaired) electrons. The van der Waals surface area contributed by atoms with Crippen molar-refractivity contribution in [3.05, 3.63) is 41.2 Å². The third-order valence-electron chi connectivity index (χ3n) is 5.84. The molecule has 2 aliphatic rings. The minimum Gasteiger partial charge on any atom is -0.484 e. The first-order chi connectivity index (χ1) is 15.5. The number of carbonyl (C=O) groups is 2. The van der Waals surface area contributed by atoms with E-state index in [1.165, 1.54) is 0 Å². The summed E-state index contributed by atoms with van der Waals surface area (Å²) < 4.78 is 13.7. The molecule has 10 nitrogen and oxygen atoms in total. The number of fused-ring (bicyclic) bond motifs is 1. The van der Waals surface area contributed by atoms with Crippen molar-refractivity contribution in [1.82, 2.24) is 30.5 Å². The van der Waals surface area contributed by atoms with Gasteiger partial charge in [-0.3, -0.25) is 4.79 Å². The second-order valence-electron chi connectivity index (χ2n) is 8.39. The first kappa shape index (κ1) is 22.1. The zero-order valence-electron chi connectivity index (χ0n) is 18.6. The fourth-order valence-corrected chi connectivity index (χ4v) is 4.04. The topological polar surface area (TPSA) is 111 Å². The van der Waals surface area contributed by atoms with Gasteiger partial charge in [0.2, 0.25) is 0 Å². The normalized spacial score (nSPS) is 19.6. The summed E-state index contributed by atoms with van der Waals surface area (Å²) in [5.74, 6) is 0.636. The van der Waals surface area contributed by atoms with Crippen molar-refractivity contribution >= 4 is 11.9 Å². The van der Waals surface area contributed by atoms with Gasteiger partial charge in [-0.15, -0.1) is 5.10 Å². The van der Waals surface area contributed by atoms with Crippen LogP contribution < -0.4 is 15.4 Å². The van der Waals surface area contributed by atoms with Gasteiger partial charge in [0, 0.05) is 13.1 Å². The van der Waals surface area contributed by atoms with Crippen molar-refractivity contribution in [2.45, 2.75) is 52.0 Å². The number of rotatable bonds is 7. The highest BCUT2D eigenvalue weighted by Gasteiger charge is 2.44. The van der Waals surface area contributed by atoms with Crippen LogP contribution in [-0.2, 0) is 29.2 Å². The highest BCUT2D eigenvalue weighted by atomic mass is 16.5. The lowest BCUT2D eigenvalue weighted by molar-refractivity contribution is -0.135. The maximum Gasteiger partial charge on any atom is 0.315 e. The van der Waals surface area contributed by atoms with E-state index in [0.717, 1.165) is 24.1 Å². The van der Waals surface area contributed by atoms with E-state index in [1.807, 2.05) is 42.8 Å². The summed E-state index contributed by atoms with van der Waals surface area (Å²) in [5.41, 5.74) is 2.18. The Morgan fingerprint density at radius 3 is 2.97 bits per heavy atom. The van der Waals surface area contributed by atoms with E-state index in [1.54, 1.807) is 4.90 Å². The molecular formula is C22H30N6O4. The summed E-state index contributed by atoms with van der Waals surface area (Å²) in [5, 5.41) is 14.0. The van der Waals surface area contributed by atoms with Gasteiger partial charge in [-0.2, -0.15) is 0 Å². The maximum absolute atomic E-state index is 12.7. The number of ether oxygens (including phenoxy) is 2. The van der Waals surface area contributed by atoms with Gasteiger partial charge in [0.05, 0.1) is 31.9 Å². The number of nitrogens with zero attached hydrogens (tertiary/aromatic N) is 4. The van der Waals surface area contributed by atoms with Crippen molar-refractivity contribution in [3.63, 3.8) is 0 Å². The molecule has 4 rings (SSSR count). The van der Waals surface area contributed by atoms with E-state index in [9.17, 15) is 9.59 Å². The number of benzene rings is 1. The van der Waals surface area contributed by atoms with E-state index < -0.39 is 5.60 Å². The molecular weight excluding hydrogens is 412 g/mol. The average Bonchev–Trinajstić information content (AvgIpc) is 3.38. The number of hydrogen-bond donors (Lipinski definition) is 2. The summed E-state index contributed by atoms with van der Waals surface area (Å²) in [4.78, 5) is 26.2.